The Bertz CT molecular complexity index is 1810. The van der Waals surface area contributed by atoms with Gasteiger partial charge in [-0.25, -0.2) is 4.79 Å². The SMILES string of the molecule is CC/C=C\C/C=C\C/C=C\C/C=C\CCCCCCCCC(=O)OC1C(OCC(COC(=O)CCCCCCCC/C=C\C/C=C\C/C=C\CCCCC)OC(=O)CCCCCCC/C=C\CCCCCCCC)OC(C(=O)O)C(O)C1O. The molecule has 3 N–H and O–H groups in total. The Morgan fingerprint density at radius 2 is 0.759 bits per heavy atom. The van der Waals surface area contributed by atoms with Crippen LogP contribution in [0.25, 0.3) is 0 Å². The predicted octanol–water partition coefficient (Wildman–Crippen LogP) is 18.0. The number of allylic oxidation sites excluding steroid dienone is 16. The van der Waals surface area contributed by atoms with Crippen LogP contribution >= 0.6 is 0 Å². The Balaban J connectivity index is 2.67. The molecular formula is C71H118O12. The largest absolute Gasteiger partial charge is 0.479 e. The van der Waals surface area contributed by atoms with Crippen molar-refractivity contribution < 1.29 is 58.2 Å². The monoisotopic (exact) mass is 1160 g/mol. The fourth-order valence-corrected chi connectivity index (χ4v) is 9.54. The van der Waals surface area contributed by atoms with Gasteiger partial charge in [0.25, 0.3) is 0 Å². The molecule has 6 unspecified atom stereocenters. The van der Waals surface area contributed by atoms with Crippen LogP contribution in [0.5, 0.6) is 0 Å². The summed E-state index contributed by atoms with van der Waals surface area (Å²) in [4.78, 5) is 51.4. The van der Waals surface area contributed by atoms with E-state index in [1.807, 2.05) is 0 Å². The van der Waals surface area contributed by atoms with Gasteiger partial charge in [-0.3, -0.25) is 14.4 Å². The summed E-state index contributed by atoms with van der Waals surface area (Å²) >= 11 is 0. The van der Waals surface area contributed by atoms with Crippen molar-refractivity contribution in [3.05, 3.63) is 97.2 Å². The van der Waals surface area contributed by atoms with Gasteiger partial charge in [0, 0.05) is 19.3 Å². The highest BCUT2D eigenvalue weighted by atomic mass is 16.7. The molecule has 1 aliphatic rings. The normalized spacial score (nSPS) is 18.2. The molecule has 6 atom stereocenters. The van der Waals surface area contributed by atoms with E-state index < -0.39 is 67.3 Å². The van der Waals surface area contributed by atoms with E-state index in [4.69, 9.17) is 23.7 Å². The summed E-state index contributed by atoms with van der Waals surface area (Å²) in [7, 11) is 0. The van der Waals surface area contributed by atoms with Crippen LogP contribution < -0.4 is 0 Å². The minimum Gasteiger partial charge on any atom is -0.479 e. The van der Waals surface area contributed by atoms with Crippen LogP contribution in [0, 0.1) is 0 Å². The van der Waals surface area contributed by atoms with Crippen molar-refractivity contribution in [3.63, 3.8) is 0 Å². The van der Waals surface area contributed by atoms with Crippen LogP contribution in [0.4, 0.5) is 0 Å². The van der Waals surface area contributed by atoms with Crippen molar-refractivity contribution in [1.82, 2.24) is 0 Å². The zero-order valence-corrected chi connectivity index (χ0v) is 52.4. The van der Waals surface area contributed by atoms with Gasteiger partial charge < -0.3 is 39.0 Å². The zero-order valence-electron chi connectivity index (χ0n) is 52.4. The lowest BCUT2D eigenvalue weighted by Crippen LogP contribution is -2.61. The fourth-order valence-electron chi connectivity index (χ4n) is 9.54. The summed E-state index contributed by atoms with van der Waals surface area (Å²) in [6.45, 7) is 5.85. The smallest absolute Gasteiger partial charge is 0.335 e. The van der Waals surface area contributed by atoms with Crippen LogP contribution in [-0.2, 0) is 42.9 Å². The molecule has 1 aliphatic heterocycles. The first-order chi connectivity index (χ1) is 40.6. The molecule has 0 bridgehead atoms. The Kier molecular flexibility index (Phi) is 53.6. The molecule has 12 heteroatoms. The highest BCUT2D eigenvalue weighted by molar-refractivity contribution is 5.74. The van der Waals surface area contributed by atoms with E-state index in [0.29, 0.717) is 19.3 Å². The second-order valence-corrected chi connectivity index (χ2v) is 22.4. The summed E-state index contributed by atoms with van der Waals surface area (Å²) in [6, 6.07) is 0. The number of aliphatic hydroxyl groups is 2. The van der Waals surface area contributed by atoms with Gasteiger partial charge in [-0.15, -0.1) is 0 Å². The number of rotatable bonds is 56. The molecule has 83 heavy (non-hydrogen) atoms. The minimum atomic E-state index is -1.92. The maximum atomic E-state index is 13.2. The molecule has 12 nitrogen and oxygen atoms in total. The molecular weight excluding hydrogens is 1040 g/mol. The molecule has 1 heterocycles. The van der Waals surface area contributed by atoms with E-state index in [-0.39, 0.29) is 25.9 Å². The molecule has 1 rings (SSSR count). The number of unbranched alkanes of at least 4 members (excludes halogenated alkanes) is 26. The van der Waals surface area contributed by atoms with E-state index in [0.717, 1.165) is 154 Å². The topological polar surface area (TPSA) is 175 Å². The number of esters is 3. The fraction of sp³-hybridized carbons (Fsp3) is 0.718. The predicted molar refractivity (Wildman–Crippen MR) is 340 cm³/mol. The third-order valence-electron chi connectivity index (χ3n) is 14.6. The third kappa shape index (κ3) is 47.6. The first-order valence-corrected chi connectivity index (χ1v) is 33.2. The van der Waals surface area contributed by atoms with E-state index >= 15 is 0 Å². The molecule has 474 valence electrons. The molecule has 0 radical (unpaired) electrons. The van der Waals surface area contributed by atoms with Crippen molar-refractivity contribution in [1.29, 1.82) is 0 Å². The lowest BCUT2D eigenvalue weighted by atomic mass is 9.98. The number of carbonyl (C=O) groups excluding carboxylic acids is 3. The number of hydrogen-bond donors (Lipinski definition) is 3. The molecule has 0 aromatic rings. The van der Waals surface area contributed by atoms with Crippen molar-refractivity contribution in [3.8, 4) is 0 Å². The van der Waals surface area contributed by atoms with Crippen LogP contribution in [0.3, 0.4) is 0 Å². The second kappa shape index (κ2) is 58.0. The average molecular weight is 1160 g/mol. The quantitative estimate of drug-likeness (QED) is 0.0228. The van der Waals surface area contributed by atoms with Gasteiger partial charge in [0.2, 0.25) is 0 Å². The highest BCUT2D eigenvalue weighted by Crippen LogP contribution is 2.27. The molecule has 0 amide bonds. The summed E-state index contributed by atoms with van der Waals surface area (Å²) in [6.07, 6.45) is 64.9. The van der Waals surface area contributed by atoms with E-state index in [2.05, 4.69) is 118 Å². The second-order valence-electron chi connectivity index (χ2n) is 22.4. The van der Waals surface area contributed by atoms with Crippen LogP contribution in [0.15, 0.2) is 97.2 Å². The molecule has 1 saturated heterocycles. The lowest BCUT2D eigenvalue weighted by molar-refractivity contribution is -0.301. The van der Waals surface area contributed by atoms with Crippen LogP contribution in [0.1, 0.15) is 278 Å². The van der Waals surface area contributed by atoms with Crippen molar-refractivity contribution >= 4 is 23.9 Å². The summed E-state index contributed by atoms with van der Waals surface area (Å²) in [5.74, 6) is -3.16. The number of hydrogen-bond acceptors (Lipinski definition) is 11. The average Bonchev–Trinajstić information content (AvgIpc) is 3.60. The van der Waals surface area contributed by atoms with Gasteiger partial charge in [0.15, 0.2) is 24.6 Å². The number of ether oxygens (including phenoxy) is 5. The number of aliphatic hydroxyl groups excluding tert-OH is 2. The van der Waals surface area contributed by atoms with E-state index in [1.165, 1.54) is 64.2 Å². The molecule has 0 saturated carbocycles. The molecule has 0 aliphatic carbocycles. The van der Waals surface area contributed by atoms with Crippen molar-refractivity contribution in [2.45, 2.75) is 314 Å². The zero-order chi connectivity index (χ0) is 60.3. The van der Waals surface area contributed by atoms with Crippen molar-refractivity contribution in [2.24, 2.45) is 0 Å². The van der Waals surface area contributed by atoms with E-state index in [1.54, 1.807) is 0 Å². The van der Waals surface area contributed by atoms with Gasteiger partial charge in [-0.2, -0.15) is 0 Å². The third-order valence-corrected chi connectivity index (χ3v) is 14.6. The number of carboxylic acid groups (broad SMARTS) is 1. The van der Waals surface area contributed by atoms with Gasteiger partial charge in [0.1, 0.15) is 18.8 Å². The molecule has 0 spiro atoms. The first-order valence-electron chi connectivity index (χ1n) is 33.2. The summed E-state index contributed by atoms with van der Waals surface area (Å²) in [5, 5.41) is 31.6. The number of carboxylic acids is 1. The maximum absolute atomic E-state index is 13.2. The van der Waals surface area contributed by atoms with Gasteiger partial charge in [0.05, 0.1) is 6.61 Å². The molecule has 0 aromatic heterocycles. The van der Waals surface area contributed by atoms with Gasteiger partial charge in [-0.05, 0) is 122 Å². The Morgan fingerprint density at radius 3 is 1.19 bits per heavy atom. The number of carbonyl (C=O) groups is 4. The Labute approximate surface area is 504 Å². The van der Waals surface area contributed by atoms with Gasteiger partial charge >= 0.3 is 23.9 Å². The Morgan fingerprint density at radius 1 is 0.410 bits per heavy atom. The summed E-state index contributed by atoms with van der Waals surface area (Å²) < 4.78 is 28.5. The number of aliphatic carboxylic acids is 1. The Hall–Kier alpha value is -4.36. The van der Waals surface area contributed by atoms with Gasteiger partial charge in [-0.1, -0.05) is 234 Å². The van der Waals surface area contributed by atoms with Crippen molar-refractivity contribution in [2.75, 3.05) is 13.2 Å². The first kappa shape index (κ1) is 76.7. The molecule has 1 fully saturated rings. The summed E-state index contributed by atoms with van der Waals surface area (Å²) in [5.41, 5.74) is 0. The van der Waals surface area contributed by atoms with Crippen LogP contribution in [0.2, 0.25) is 0 Å². The standard InChI is InChI=1S/C71H118O12/c1-4-7-10-13-16-19-22-25-28-30-32-34-37-39-42-45-48-51-54-57-63(72)79-60-62(81-64(73)58-55-52-49-46-43-40-36-27-24-21-18-15-12-9-6-3)61-80-71-69(67(76)66(75)68(83-71)70(77)78)82-65(74)59-56-53-50-47-44-41-38-35-33-31-29-26-23-20-17-14-11-8-5-2/h8,11,16-17,19-20,25-29,32-36,62,66-69,71,75-76H,4-7,9-10,12-15,18,21-24,30-31,37-61H2,1-3H3,(H,77,78)/b11-8-,19-16-,20-17-,28-25-,29-26-,34-32-,35-33-,36-27-. The maximum Gasteiger partial charge on any atom is 0.335 e. The molecule has 0 aromatic carbocycles. The van der Waals surface area contributed by atoms with E-state index in [9.17, 15) is 34.5 Å². The highest BCUT2D eigenvalue weighted by Gasteiger charge is 2.50. The lowest BCUT2D eigenvalue weighted by Gasteiger charge is -2.40. The minimum absolute atomic E-state index is 0.0384. The van der Waals surface area contributed by atoms with Crippen LogP contribution in [-0.4, -0.2) is 89.2 Å².